The molecular weight excluding hydrogens is 452 g/mol. The fraction of sp³-hybridized carbons (Fsp3) is 0.0714. The number of rotatable bonds is 6. The quantitative estimate of drug-likeness (QED) is 0.290. The van der Waals surface area contributed by atoms with E-state index in [1.54, 1.807) is 6.33 Å². The summed E-state index contributed by atoms with van der Waals surface area (Å²) in [5.74, 6) is 3.28. The van der Waals surface area contributed by atoms with Crippen molar-refractivity contribution in [3.05, 3.63) is 103 Å². The van der Waals surface area contributed by atoms with E-state index in [1.807, 2.05) is 103 Å². The molecule has 3 heterocycles. The number of aryl methyl sites for hydroxylation is 2. The topological polar surface area (TPSA) is 90.9 Å². The molecule has 0 aliphatic rings. The smallest absolute Gasteiger partial charge is 0.170 e. The van der Waals surface area contributed by atoms with Crippen LogP contribution in [-0.4, -0.2) is 24.7 Å². The Morgan fingerprint density at radius 1 is 0.806 bits per heavy atom. The van der Waals surface area contributed by atoms with Crippen molar-refractivity contribution in [2.75, 3.05) is 5.32 Å². The Balaban J connectivity index is 1.41. The standard InChI is InChI=1S/C28H22N6O2/c1-18-24(19(2)36-33-18)26-31-27(25-28(32-26)34(17-29-25)21-9-5-3-6-10-21)30-20-13-15-23(16-14-20)35-22-11-7-4-8-12-22/h3-17H,1-2H3,(H,30,31,32). The molecule has 3 aromatic heterocycles. The van der Waals surface area contributed by atoms with Gasteiger partial charge in [0.2, 0.25) is 0 Å². The fourth-order valence-corrected chi connectivity index (χ4v) is 4.05. The van der Waals surface area contributed by atoms with Crippen LogP contribution >= 0.6 is 0 Å². The van der Waals surface area contributed by atoms with Crippen LogP contribution in [0.25, 0.3) is 28.2 Å². The molecule has 0 saturated heterocycles. The Labute approximate surface area is 207 Å². The third kappa shape index (κ3) is 4.05. The maximum atomic E-state index is 5.91. The van der Waals surface area contributed by atoms with Crippen LogP contribution in [0.4, 0.5) is 11.5 Å². The summed E-state index contributed by atoms with van der Waals surface area (Å²) in [4.78, 5) is 14.3. The Morgan fingerprint density at radius 3 is 2.19 bits per heavy atom. The van der Waals surface area contributed by atoms with E-state index < -0.39 is 0 Å². The molecule has 0 bridgehead atoms. The summed E-state index contributed by atoms with van der Waals surface area (Å²) < 4.78 is 13.3. The molecule has 0 aliphatic carbocycles. The molecule has 8 heteroatoms. The van der Waals surface area contributed by atoms with Gasteiger partial charge in [-0.2, -0.15) is 0 Å². The van der Waals surface area contributed by atoms with Gasteiger partial charge in [-0.25, -0.2) is 15.0 Å². The molecule has 1 N–H and O–H groups in total. The number of ether oxygens (including phenoxy) is 1. The molecule has 0 unspecified atom stereocenters. The van der Waals surface area contributed by atoms with Gasteiger partial charge < -0.3 is 14.6 Å². The fourth-order valence-electron chi connectivity index (χ4n) is 4.05. The average molecular weight is 475 g/mol. The summed E-state index contributed by atoms with van der Waals surface area (Å²) in [5.41, 5.74) is 4.63. The number of hydrogen-bond acceptors (Lipinski definition) is 7. The van der Waals surface area contributed by atoms with Gasteiger partial charge in [0.05, 0.1) is 11.3 Å². The molecule has 6 aromatic rings. The van der Waals surface area contributed by atoms with Gasteiger partial charge in [-0.1, -0.05) is 41.6 Å². The number of nitrogens with one attached hydrogen (secondary N) is 1. The van der Waals surface area contributed by atoms with E-state index in [9.17, 15) is 0 Å². The highest BCUT2D eigenvalue weighted by Crippen LogP contribution is 2.31. The summed E-state index contributed by atoms with van der Waals surface area (Å²) in [5, 5.41) is 7.50. The Kier molecular flexibility index (Phi) is 5.38. The van der Waals surface area contributed by atoms with Crippen LogP contribution in [-0.2, 0) is 0 Å². The van der Waals surface area contributed by atoms with E-state index in [-0.39, 0.29) is 0 Å². The maximum absolute atomic E-state index is 5.91. The van der Waals surface area contributed by atoms with Crippen LogP contribution in [0.3, 0.4) is 0 Å². The first-order valence-electron chi connectivity index (χ1n) is 11.5. The Morgan fingerprint density at radius 2 is 1.50 bits per heavy atom. The lowest BCUT2D eigenvalue weighted by molar-refractivity contribution is 0.393. The lowest BCUT2D eigenvalue weighted by atomic mass is 10.2. The van der Waals surface area contributed by atoms with E-state index in [1.165, 1.54) is 0 Å². The van der Waals surface area contributed by atoms with Crippen molar-refractivity contribution in [3.63, 3.8) is 0 Å². The summed E-state index contributed by atoms with van der Waals surface area (Å²) in [6, 6.07) is 27.3. The van der Waals surface area contributed by atoms with Crippen molar-refractivity contribution in [2.24, 2.45) is 0 Å². The van der Waals surface area contributed by atoms with Crippen molar-refractivity contribution in [2.45, 2.75) is 13.8 Å². The molecule has 0 saturated carbocycles. The predicted molar refractivity (Wildman–Crippen MR) is 138 cm³/mol. The van der Waals surface area contributed by atoms with E-state index in [2.05, 4.69) is 15.5 Å². The third-order valence-electron chi connectivity index (χ3n) is 5.78. The van der Waals surface area contributed by atoms with Crippen molar-refractivity contribution in [1.82, 2.24) is 24.7 Å². The van der Waals surface area contributed by atoms with Gasteiger partial charge in [-0.3, -0.25) is 4.57 Å². The number of benzene rings is 3. The summed E-state index contributed by atoms with van der Waals surface area (Å²) >= 11 is 0. The summed E-state index contributed by atoms with van der Waals surface area (Å²) in [7, 11) is 0. The van der Waals surface area contributed by atoms with Crippen LogP contribution in [0.5, 0.6) is 11.5 Å². The normalized spacial score (nSPS) is 11.1. The minimum absolute atomic E-state index is 0.517. The van der Waals surface area contributed by atoms with Crippen molar-refractivity contribution in [1.29, 1.82) is 0 Å². The van der Waals surface area contributed by atoms with E-state index in [0.717, 1.165) is 34.1 Å². The summed E-state index contributed by atoms with van der Waals surface area (Å²) in [6.45, 7) is 3.74. The molecule has 0 atom stereocenters. The zero-order valence-electron chi connectivity index (χ0n) is 19.7. The highest BCUT2D eigenvalue weighted by molar-refractivity contribution is 5.88. The van der Waals surface area contributed by atoms with Gasteiger partial charge in [0.15, 0.2) is 22.8 Å². The highest BCUT2D eigenvalue weighted by Gasteiger charge is 2.20. The number of fused-ring (bicyclic) bond motifs is 1. The second kappa shape index (κ2) is 8.99. The number of anilines is 2. The number of para-hydroxylation sites is 2. The lowest BCUT2D eigenvalue weighted by Gasteiger charge is -2.11. The van der Waals surface area contributed by atoms with E-state index in [0.29, 0.717) is 28.6 Å². The molecule has 176 valence electrons. The monoisotopic (exact) mass is 474 g/mol. The molecule has 6 rings (SSSR count). The number of nitrogens with zero attached hydrogens (tertiary/aromatic N) is 5. The first-order chi connectivity index (χ1) is 17.7. The van der Waals surface area contributed by atoms with Crippen LogP contribution in [0.15, 0.2) is 95.8 Å². The molecule has 0 aliphatic heterocycles. The van der Waals surface area contributed by atoms with Gasteiger partial charge in [-0.05, 0) is 62.4 Å². The van der Waals surface area contributed by atoms with Crippen LogP contribution < -0.4 is 10.1 Å². The number of hydrogen-bond donors (Lipinski definition) is 1. The van der Waals surface area contributed by atoms with Crippen LogP contribution in [0, 0.1) is 13.8 Å². The van der Waals surface area contributed by atoms with Crippen molar-refractivity contribution < 1.29 is 9.26 Å². The first kappa shape index (κ1) is 21.5. The molecule has 0 amide bonds. The SMILES string of the molecule is Cc1noc(C)c1-c1nc(Nc2ccc(Oc3ccccc3)cc2)c2ncn(-c3ccccc3)c2n1. The van der Waals surface area contributed by atoms with E-state index >= 15 is 0 Å². The van der Waals surface area contributed by atoms with Gasteiger partial charge in [0.1, 0.15) is 23.6 Å². The first-order valence-corrected chi connectivity index (χ1v) is 11.5. The second-order valence-electron chi connectivity index (χ2n) is 8.28. The van der Waals surface area contributed by atoms with Gasteiger partial charge in [-0.15, -0.1) is 0 Å². The molecule has 0 radical (unpaired) electrons. The molecular formula is C28H22N6O2. The third-order valence-corrected chi connectivity index (χ3v) is 5.78. The van der Waals surface area contributed by atoms with E-state index in [4.69, 9.17) is 19.2 Å². The Hall–Kier alpha value is -4.98. The molecule has 8 nitrogen and oxygen atoms in total. The lowest BCUT2D eigenvalue weighted by Crippen LogP contribution is -2.02. The highest BCUT2D eigenvalue weighted by atomic mass is 16.5. The molecule has 3 aromatic carbocycles. The predicted octanol–water partition coefficient (Wildman–Crippen LogP) is 6.62. The van der Waals surface area contributed by atoms with Crippen molar-refractivity contribution in [3.8, 4) is 28.6 Å². The Bertz CT molecular complexity index is 1620. The zero-order chi connectivity index (χ0) is 24.5. The van der Waals surface area contributed by atoms with Gasteiger partial charge in [0.25, 0.3) is 0 Å². The minimum atomic E-state index is 0.517. The second-order valence-corrected chi connectivity index (χ2v) is 8.28. The molecule has 0 spiro atoms. The zero-order valence-corrected chi connectivity index (χ0v) is 19.7. The average Bonchev–Trinajstić information content (AvgIpc) is 3.49. The molecule has 0 fully saturated rings. The van der Waals surface area contributed by atoms with Gasteiger partial charge in [0, 0.05) is 11.4 Å². The summed E-state index contributed by atoms with van der Waals surface area (Å²) in [6.07, 6.45) is 1.76. The maximum Gasteiger partial charge on any atom is 0.170 e. The minimum Gasteiger partial charge on any atom is -0.457 e. The largest absolute Gasteiger partial charge is 0.457 e. The van der Waals surface area contributed by atoms with Crippen LogP contribution in [0.2, 0.25) is 0 Å². The number of imidazole rings is 1. The van der Waals surface area contributed by atoms with Crippen molar-refractivity contribution >= 4 is 22.7 Å². The number of aromatic nitrogens is 5. The van der Waals surface area contributed by atoms with Gasteiger partial charge >= 0.3 is 0 Å². The molecule has 36 heavy (non-hydrogen) atoms. The van der Waals surface area contributed by atoms with Crippen LogP contribution in [0.1, 0.15) is 11.5 Å².